The van der Waals surface area contributed by atoms with Gasteiger partial charge in [0.05, 0.1) is 0 Å². The summed E-state index contributed by atoms with van der Waals surface area (Å²) in [6, 6.07) is 63.7. The van der Waals surface area contributed by atoms with Crippen molar-refractivity contribution in [3.63, 3.8) is 0 Å². The first-order valence-corrected chi connectivity index (χ1v) is 17.7. The van der Waals surface area contributed by atoms with Crippen molar-refractivity contribution in [2.75, 3.05) is 4.90 Å². The van der Waals surface area contributed by atoms with Gasteiger partial charge >= 0.3 is 0 Å². The molecule has 0 fully saturated rings. The standard InChI is InChI=1S/C49H35NO/c1-49(2)45-19-11-9-17-38(45)39-27-25-37(30-46(39)49)50(35-23-21-33(22-24-35)32-13-5-3-6-14-32)36-26-28-41-43(29-36)42(34-15-7-4-8-16-34)31-44-40-18-10-12-20-47(40)51-48(41)44/h3-31H,1-2H3. The van der Waals surface area contributed by atoms with E-state index < -0.39 is 0 Å². The van der Waals surface area contributed by atoms with E-state index in [0.717, 1.165) is 49.8 Å². The van der Waals surface area contributed by atoms with Crippen molar-refractivity contribution in [2.45, 2.75) is 19.3 Å². The first-order chi connectivity index (χ1) is 25.0. The summed E-state index contributed by atoms with van der Waals surface area (Å²) in [7, 11) is 0. The lowest BCUT2D eigenvalue weighted by Gasteiger charge is -2.28. The Kier molecular flexibility index (Phi) is 6.56. The minimum atomic E-state index is -0.110. The molecule has 1 aliphatic carbocycles. The Balaban J connectivity index is 1.21. The van der Waals surface area contributed by atoms with Crippen LogP contribution in [0.5, 0.6) is 0 Å². The van der Waals surface area contributed by atoms with Gasteiger partial charge in [0.25, 0.3) is 0 Å². The summed E-state index contributed by atoms with van der Waals surface area (Å²) in [5, 5.41) is 4.54. The molecule has 0 amide bonds. The fraction of sp³-hybridized carbons (Fsp3) is 0.0612. The molecule has 9 aromatic rings. The van der Waals surface area contributed by atoms with Crippen LogP contribution in [0.4, 0.5) is 17.1 Å². The van der Waals surface area contributed by atoms with Gasteiger partial charge in [0.15, 0.2) is 0 Å². The van der Waals surface area contributed by atoms with Crippen molar-refractivity contribution >= 4 is 49.8 Å². The van der Waals surface area contributed by atoms with Crippen LogP contribution >= 0.6 is 0 Å². The van der Waals surface area contributed by atoms with Gasteiger partial charge in [0, 0.05) is 38.6 Å². The summed E-state index contributed by atoms with van der Waals surface area (Å²) in [6.45, 7) is 4.70. The molecule has 0 saturated carbocycles. The Morgan fingerprint density at radius 1 is 0.392 bits per heavy atom. The van der Waals surface area contributed by atoms with Crippen molar-refractivity contribution in [1.29, 1.82) is 0 Å². The molecular weight excluding hydrogens is 619 g/mol. The summed E-state index contributed by atoms with van der Waals surface area (Å²) in [5.74, 6) is 0. The van der Waals surface area contributed by atoms with Crippen LogP contribution in [-0.2, 0) is 5.41 Å². The summed E-state index contributed by atoms with van der Waals surface area (Å²) in [6.07, 6.45) is 0. The van der Waals surface area contributed by atoms with Crippen molar-refractivity contribution in [1.82, 2.24) is 0 Å². The van der Waals surface area contributed by atoms with Gasteiger partial charge < -0.3 is 9.32 Å². The second-order valence-electron chi connectivity index (χ2n) is 14.1. The molecule has 0 N–H and O–H groups in total. The Morgan fingerprint density at radius 2 is 1.00 bits per heavy atom. The van der Waals surface area contributed by atoms with Gasteiger partial charge in [-0.1, -0.05) is 135 Å². The molecule has 51 heavy (non-hydrogen) atoms. The lowest BCUT2D eigenvalue weighted by molar-refractivity contribution is 0.660. The first-order valence-electron chi connectivity index (χ1n) is 17.7. The van der Waals surface area contributed by atoms with E-state index >= 15 is 0 Å². The van der Waals surface area contributed by atoms with E-state index in [-0.39, 0.29) is 5.41 Å². The predicted molar refractivity (Wildman–Crippen MR) is 214 cm³/mol. The Morgan fingerprint density at radius 3 is 1.80 bits per heavy atom. The van der Waals surface area contributed by atoms with Gasteiger partial charge in [-0.3, -0.25) is 0 Å². The van der Waals surface area contributed by atoms with Gasteiger partial charge in [0.1, 0.15) is 11.2 Å². The molecule has 0 bridgehead atoms. The van der Waals surface area contributed by atoms with Crippen LogP contribution in [0, 0.1) is 0 Å². The zero-order valence-electron chi connectivity index (χ0n) is 28.6. The molecule has 0 saturated heterocycles. The normalized spacial score (nSPS) is 13.1. The van der Waals surface area contributed by atoms with E-state index in [1.807, 2.05) is 6.07 Å². The molecule has 0 spiro atoms. The van der Waals surface area contributed by atoms with E-state index in [4.69, 9.17) is 4.42 Å². The third-order valence-electron chi connectivity index (χ3n) is 10.9. The summed E-state index contributed by atoms with van der Waals surface area (Å²) in [5.41, 5.74) is 15.2. The van der Waals surface area contributed by atoms with Gasteiger partial charge in [-0.25, -0.2) is 0 Å². The minimum absolute atomic E-state index is 0.110. The number of nitrogens with zero attached hydrogens (tertiary/aromatic N) is 1. The number of anilines is 3. The molecule has 2 nitrogen and oxygen atoms in total. The number of para-hydroxylation sites is 1. The molecule has 10 rings (SSSR count). The molecule has 0 radical (unpaired) electrons. The molecule has 1 aromatic heterocycles. The maximum absolute atomic E-state index is 6.57. The van der Waals surface area contributed by atoms with Crippen LogP contribution in [0.3, 0.4) is 0 Å². The van der Waals surface area contributed by atoms with E-state index in [2.05, 4.69) is 189 Å². The van der Waals surface area contributed by atoms with Crippen molar-refractivity contribution in [3.8, 4) is 33.4 Å². The highest BCUT2D eigenvalue weighted by molar-refractivity contribution is 6.19. The van der Waals surface area contributed by atoms with Crippen molar-refractivity contribution in [3.05, 3.63) is 187 Å². The number of benzene rings is 8. The Hall–Kier alpha value is -6.38. The summed E-state index contributed by atoms with van der Waals surface area (Å²) < 4.78 is 6.57. The van der Waals surface area contributed by atoms with Gasteiger partial charge in [0.2, 0.25) is 0 Å². The van der Waals surface area contributed by atoms with Crippen LogP contribution in [0.15, 0.2) is 180 Å². The zero-order chi connectivity index (χ0) is 34.1. The van der Waals surface area contributed by atoms with Gasteiger partial charge in [-0.15, -0.1) is 0 Å². The van der Waals surface area contributed by atoms with Crippen LogP contribution in [0.1, 0.15) is 25.0 Å². The fourth-order valence-electron chi connectivity index (χ4n) is 8.29. The third kappa shape index (κ3) is 4.64. The number of hydrogen-bond acceptors (Lipinski definition) is 2. The average molecular weight is 654 g/mol. The highest BCUT2D eigenvalue weighted by atomic mass is 16.3. The maximum Gasteiger partial charge on any atom is 0.143 e. The molecule has 1 heterocycles. The van der Waals surface area contributed by atoms with Crippen LogP contribution in [-0.4, -0.2) is 0 Å². The first kappa shape index (κ1) is 29.5. The number of hydrogen-bond donors (Lipinski definition) is 0. The van der Waals surface area contributed by atoms with Gasteiger partial charge in [-0.2, -0.15) is 0 Å². The predicted octanol–water partition coefficient (Wildman–Crippen LogP) is 13.8. The average Bonchev–Trinajstić information content (AvgIpc) is 3.67. The topological polar surface area (TPSA) is 16.4 Å². The van der Waals surface area contributed by atoms with E-state index in [1.165, 1.54) is 44.5 Å². The molecule has 242 valence electrons. The fourth-order valence-corrected chi connectivity index (χ4v) is 8.29. The molecule has 1 aliphatic rings. The monoisotopic (exact) mass is 653 g/mol. The zero-order valence-corrected chi connectivity index (χ0v) is 28.6. The SMILES string of the molecule is CC1(C)c2ccccc2-c2ccc(N(c3ccc(-c4ccccc4)cc3)c3ccc4c(c3)c(-c3ccccc3)cc3c5ccccc5oc43)cc21. The van der Waals surface area contributed by atoms with E-state index in [9.17, 15) is 0 Å². The number of fused-ring (bicyclic) bond motifs is 8. The Labute approximate surface area is 297 Å². The van der Waals surface area contributed by atoms with Crippen LogP contribution < -0.4 is 4.90 Å². The Bertz CT molecular complexity index is 2760. The quantitative estimate of drug-likeness (QED) is 0.184. The maximum atomic E-state index is 6.57. The summed E-state index contributed by atoms with van der Waals surface area (Å²) in [4.78, 5) is 2.41. The smallest absolute Gasteiger partial charge is 0.143 e. The second kappa shape index (κ2) is 11.3. The lowest BCUT2D eigenvalue weighted by atomic mass is 9.82. The number of rotatable bonds is 5. The molecular formula is C49H35NO. The van der Waals surface area contributed by atoms with E-state index in [0.29, 0.717) is 0 Å². The van der Waals surface area contributed by atoms with Crippen molar-refractivity contribution < 1.29 is 4.42 Å². The lowest BCUT2D eigenvalue weighted by Crippen LogP contribution is -2.16. The van der Waals surface area contributed by atoms with E-state index in [1.54, 1.807) is 0 Å². The third-order valence-corrected chi connectivity index (χ3v) is 10.9. The highest BCUT2D eigenvalue weighted by Gasteiger charge is 2.35. The van der Waals surface area contributed by atoms with Gasteiger partial charge in [-0.05, 0) is 104 Å². The molecule has 0 aliphatic heterocycles. The van der Waals surface area contributed by atoms with Crippen LogP contribution in [0.2, 0.25) is 0 Å². The molecule has 2 heteroatoms. The second-order valence-corrected chi connectivity index (χ2v) is 14.1. The highest BCUT2D eigenvalue weighted by Crippen LogP contribution is 2.51. The largest absolute Gasteiger partial charge is 0.455 e. The molecule has 0 unspecified atom stereocenters. The molecule has 8 aromatic carbocycles. The minimum Gasteiger partial charge on any atom is -0.455 e. The summed E-state index contributed by atoms with van der Waals surface area (Å²) >= 11 is 0. The molecule has 0 atom stereocenters. The number of furan rings is 1. The van der Waals surface area contributed by atoms with Crippen molar-refractivity contribution in [2.24, 2.45) is 0 Å². The van der Waals surface area contributed by atoms with Crippen LogP contribution in [0.25, 0.3) is 66.1 Å².